The monoisotopic (exact) mass is 478 g/mol. The van der Waals surface area contributed by atoms with E-state index in [0.717, 1.165) is 64.6 Å². The number of carbonyl (C=O) groups is 2. The second kappa shape index (κ2) is 9.62. The van der Waals surface area contributed by atoms with E-state index in [1.165, 1.54) is 5.56 Å². The van der Waals surface area contributed by atoms with Crippen LogP contribution in [0.15, 0.2) is 52.6 Å². The molecule has 0 aromatic heterocycles. The first-order chi connectivity index (χ1) is 16.2. The maximum atomic E-state index is 12.2. The third-order valence-electron chi connectivity index (χ3n) is 5.84. The van der Waals surface area contributed by atoms with Crippen molar-refractivity contribution in [3.63, 3.8) is 0 Å². The molecule has 8 heteroatoms. The lowest BCUT2D eigenvalue weighted by Crippen LogP contribution is -2.41. The van der Waals surface area contributed by atoms with Gasteiger partial charge < -0.3 is 9.64 Å². The number of ether oxygens (including phenoxy) is 1. The molecule has 7 nitrogen and oxygen atoms in total. The Morgan fingerprint density at radius 3 is 2.74 bits per heavy atom. The Morgan fingerprint density at radius 2 is 2.03 bits per heavy atom. The van der Waals surface area contributed by atoms with Crippen molar-refractivity contribution in [3.8, 4) is 5.75 Å². The van der Waals surface area contributed by atoms with Crippen LogP contribution in [0.3, 0.4) is 0 Å². The number of benzene rings is 2. The Labute approximate surface area is 204 Å². The molecule has 0 fully saturated rings. The van der Waals surface area contributed by atoms with Crippen LogP contribution >= 0.6 is 11.8 Å². The van der Waals surface area contributed by atoms with Crippen molar-refractivity contribution in [1.82, 2.24) is 5.01 Å². The van der Waals surface area contributed by atoms with Crippen LogP contribution in [-0.4, -0.2) is 52.6 Å². The van der Waals surface area contributed by atoms with Gasteiger partial charge in [-0.05, 0) is 87.7 Å². The fourth-order valence-electron chi connectivity index (χ4n) is 4.33. The number of nitrogens with zero attached hydrogens (tertiary/aromatic N) is 4. The van der Waals surface area contributed by atoms with E-state index in [9.17, 15) is 9.59 Å². The molecule has 2 aliphatic heterocycles. The predicted octanol–water partition coefficient (Wildman–Crippen LogP) is 5.11. The molecule has 2 heterocycles. The first kappa shape index (κ1) is 24.0. The number of imide groups is 1. The molecule has 0 radical (unpaired) electrons. The summed E-state index contributed by atoms with van der Waals surface area (Å²) in [5.41, 5.74) is 4.96. The normalized spacial score (nSPS) is 18.0. The van der Waals surface area contributed by atoms with Crippen molar-refractivity contribution in [2.24, 2.45) is 10.1 Å². The number of hydrazone groups is 1. The number of rotatable bonds is 5. The van der Waals surface area contributed by atoms with Gasteiger partial charge in [0.1, 0.15) is 11.6 Å². The summed E-state index contributed by atoms with van der Waals surface area (Å²) in [6.45, 7) is 8.94. The molecule has 0 spiro atoms. The lowest BCUT2D eigenvalue weighted by molar-refractivity contribution is -0.115. The molecule has 0 N–H and O–H groups in total. The van der Waals surface area contributed by atoms with Crippen LogP contribution in [-0.2, 0) is 11.2 Å². The zero-order valence-electron chi connectivity index (χ0n) is 20.2. The number of methoxy groups -OCH3 is 1. The number of fused-ring (bicyclic) bond motifs is 1. The maximum Gasteiger partial charge on any atom is 0.309 e. The average Bonchev–Trinajstić information content (AvgIpc) is 2.81. The van der Waals surface area contributed by atoms with Gasteiger partial charge in [-0.15, -0.1) is 0 Å². The highest BCUT2D eigenvalue weighted by atomic mass is 32.2. The van der Waals surface area contributed by atoms with E-state index < -0.39 is 4.75 Å². The summed E-state index contributed by atoms with van der Waals surface area (Å²) in [6.07, 6.45) is 2.39. The number of amidine groups is 1. The number of carbonyl (C=O) groups excluding carboxylic acids is 2. The summed E-state index contributed by atoms with van der Waals surface area (Å²) in [4.78, 5) is 30.8. The van der Waals surface area contributed by atoms with Crippen LogP contribution < -0.4 is 9.64 Å². The van der Waals surface area contributed by atoms with Crippen molar-refractivity contribution >= 4 is 40.6 Å². The second-order valence-corrected chi connectivity index (χ2v) is 10.7. The highest BCUT2D eigenvalue weighted by Crippen LogP contribution is 2.37. The molecular weight excluding hydrogens is 448 g/mol. The minimum atomic E-state index is -0.538. The van der Waals surface area contributed by atoms with E-state index >= 15 is 0 Å². The minimum absolute atomic E-state index is 0.132. The van der Waals surface area contributed by atoms with Gasteiger partial charge in [0.05, 0.1) is 17.6 Å². The molecule has 2 amide bonds. The summed E-state index contributed by atoms with van der Waals surface area (Å²) in [5.74, 6) is 1.72. The van der Waals surface area contributed by atoms with E-state index in [1.807, 2.05) is 38.1 Å². The van der Waals surface area contributed by atoms with Crippen molar-refractivity contribution < 1.29 is 14.3 Å². The highest BCUT2D eigenvalue weighted by molar-refractivity contribution is 8.15. The molecule has 4 rings (SSSR count). The molecule has 0 bridgehead atoms. The summed E-state index contributed by atoms with van der Waals surface area (Å²) in [7, 11) is 1.67. The molecular formula is C26H30N4O3S. The molecule has 178 valence electrons. The van der Waals surface area contributed by atoms with Crippen LogP contribution in [0.4, 0.5) is 10.5 Å². The Kier molecular flexibility index (Phi) is 6.79. The molecule has 2 aromatic carbocycles. The topological polar surface area (TPSA) is 74.6 Å². The Morgan fingerprint density at radius 1 is 1.24 bits per heavy atom. The standard InChI is InChI=1S/C26H30N4O3S/c1-17(2)27-24(20-8-6-10-21(15-20)33-5)29-13-7-9-18-14-19(11-12-22(18)29)23-26(3,4)34-25(32)30(16-31)28-23/h6,8,10-12,14-17H,7,9,13H2,1-5H3/b27-24-. The molecule has 2 aliphatic rings. The fourth-order valence-corrected chi connectivity index (χ4v) is 5.19. The van der Waals surface area contributed by atoms with Gasteiger partial charge in [0.15, 0.2) is 0 Å². The Bertz CT molecular complexity index is 1170. The van der Waals surface area contributed by atoms with Crippen LogP contribution in [0.5, 0.6) is 5.75 Å². The number of aryl methyl sites for hydroxylation is 1. The van der Waals surface area contributed by atoms with E-state index in [0.29, 0.717) is 12.1 Å². The third kappa shape index (κ3) is 4.73. The molecule has 0 saturated carbocycles. The largest absolute Gasteiger partial charge is 0.497 e. The fraction of sp³-hybridized carbons (Fsp3) is 0.385. The number of amides is 2. The number of anilines is 1. The first-order valence-corrected chi connectivity index (χ1v) is 12.2. The first-order valence-electron chi connectivity index (χ1n) is 11.4. The van der Waals surface area contributed by atoms with E-state index in [2.05, 4.69) is 42.0 Å². The number of hydrogen-bond acceptors (Lipinski definition) is 6. The quantitative estimate of drug-likeness (QED) is 0.339. The smallest absolute Gasteiger partial charge is 0.309 e. The Hall–Kier alpha value is -3.13. The van der Waals surface area contributed by atoms with Gasteiger partial charge in [0.2, 0.25) is 6.41 Å². The minimum Gasteiger partial charge on any atom is -0.497 e. The van der Waals surface area contributed by atoms with Crippen LogP contribution in [0, 0.1) is 0 Å². The van der Waals surface area contributed by atoms with Crippen molar-refractivity contribution in [2.75, 3.05) is 18.6 Å². The summed E-state index contributed by atoms with van der Waals surface area (Å²) < 4.78 is 4.92. The molecule has 2 aromatic rings. The molecule has 0 saturated heterocycles. The summed E-state index contributed by atoms with van der Waals surface area (Å²) in [6, 6.07) is 14.4. The molecule has 0 atom stereocenters. The Balaban J connectivity index is 1.77. The van der Waals surface area contributed by atoms with Gasteiger partial charge in [0, 0.05) is 23.8 Å². The third-order valence-corrected chi connectivity index (χ3v) is 6.91. The summed E-state index contributed by atoms with van der Waals surface area (Å²) >= 11 is 1.11. The van der Waals surface area contributed by atoms with Crippen molar-refractivity contribution in [3.05, 3.63) is 59.2 Å². The zero-order valence-corrected chi connectivity index (χ0v) is 21.1. The second-order valence-electron chi connectivity index (χ2n) is 9.15. The lowest BCUT2D eigenvalue weighted by atomic mass is 9.93. The SMILES string of the molecule is COc1cccc(/C(=N/C(C)C)N2CCCc3cc(C4=NN(C=O)C(=O)SC4(C)C)ccc32)c1. The number of aliphatic imine (C=N–C) groups is 1. The molecule has 34 heavy (non-hydrogen) atoms. The van der Waals surface area contributed by atoms with Gasteiger partial charge in [-0.2, -0.15) is 10.1 Å². The van der Waals surface area contributed by atoms with Crippen molar-refractivity contribution in [2.45, 2.75) is 51.3 Å². The van der Waals surface area contributed by atoms with Gasteiger partial charge in [0.25, 0.3) is 0 Å². The van der Waals surface area contributed by atoms with E-state index in [1.54, 1.807) is 7.11 Å². The number of thioether (sulfide) groups is 1. The van der Waals surface area contributed by atoms with E-state index in [-0.39, 0.29) is 11.3 Å². The maximum absolute atomic E-state index is 12.2. The van der Waals surface area contributed by atoms with Gasteiger partial charge in [-0.1, -0.05) is 18.2 Å². The van der Waals surface area contributed by atoms with Crippen LogP contribution in [0.1, 0.15) is 50.8 Å². The average molecular weight is 479 g/mol. The molecule has 0 unspecified atom stereocenters. The lowest BCUT2D eigenvalue weighted by Gasteiger charge is -2.35. The van der Waals surface area contributed by atoms with E-state index in [4.69, 9.17) is 9.73 Å². The predicted molar refractivity (Wildman–Crippen MR) is 138 cm³/mol. The van der Waals surface area contributed by atoms with Gasteiger partial charge in [-0.25, -0.2) is 0 Å². The van der Waals surface area contributed by atoms with Crippen molar-refractivity contribution in [1.29, 1.82) is 0 Å². The molecule has 0 aliphatic carbocycles. The highest BCUT2D eigenvalue weighted by Gasteiger charge is 2.38. The van der Waals surface area contributed by atoms with Gasteiger partial charge >= 0.3 is 5.24 Å². The zero-order chi connectivity index (χ0) is 24.5. The number of hydrogen-bond donors (Lipinski definition) is 0. The van der Waals surface area contributed by atoms with Gasteiger partial charge in [-0.3, -0.25) is 14.6 Å². The summed E-state index contributed by atoms with van der Waals surface area (Å²) in [5, 5.41) is 4.90. The van der Waals surface area contributed by atoms with Crippen LogP contribution in [0.25, 0.3) is 0 Å². The van der Waals surface area contributed by atoms with Crippen LogP contribution in [0.2, 0.25) is 0 Å².